The number of esters is 1. The Hall–Kier alpha value is -2.37. The average molecular weight is 406 g/mol. The number of carbonyl (C=O) groups is 3. The number of halogens is 2. The zero-order valence-electron chi connectivity index (χ0n) is 14.5. The Bertz CT molecular complexity index is 865. The van der Waals surface area contributed by atoms with E-state index in [1.807, 2.05) is 0 Å². The van der Waals surface area contributed by atoms with E-state index in [0.717, 1.165) is 0 Å². The smallest absolute Gasteiger partial charge is 0.312 e. The Morgan fingerprint density at radius 1 is 1.04 bits per heavy atom. The van der Waals surface area contributed by atoms with E-state index in [-0.39, 0.29) is 24.7 Å². The van der Waals surface area contributed by atoms with Crippen LogP contribution in [-0.4, -0.2) is 30.3 Å². The minimum Gasteiger partial charge on any atom is -0.454 e. The number of carbonyl (C=O) groups excluding carboxylic acids is 3. The molecule has 0 N–H and O–H groups in total. The molecule has 1 heterocycles. The molecule has 1 aliphatic heterocycles. The second-order valence-electron chi connectivity index (χ2n) is 6.33. The number of amides is 1. The molecule has 3 rings (SSSR count). The highest BCUT2D eigenvalue weighted by Gasteiger charge is 2.37. The molecule has 2 aromatic rings. The average Bonchev–Trinajstić information content (AvgIpc) is 3.04. The first kappa shape index (κ1) is 19.4. The number of hydrogen-bond donors (Lipinski definition) is 0. The predicted molar refractivity (Wildman–Crippen MR) is 103 cm³/mol. The Balaban J connectivity index is 1.62. The van der Waals surface area contributed by atoms with Gasteiger partial charge in [0.2, 0.25) is 11.7 Å². The van der Waals surface area contributed by atoms with Gasteiger partial charge in [-0.15, -0.1) is 0 Å². The van der Waals surface area contributed by atoms with Gasteiger partial charge < -0.3 is 9.64 Å². The first-order chi connectivity index (χ1) is 12.8. The molecule has 1 aliphatic rings. The highest BCUT2D eigenvalue weighted by Crippen LogP contribution is 2.27. The van der Waals surface area contributed by atoms with Crippen LogP contribution in [0.5, 0.6) is 0 Å². The highest BCUT2D eigenvalue weighted by atomic mass is 35.5. The molecule has 0 aromatic heterocycles. The summed E-state index contributed by atoms with van der Waals surface area (Å²) in [5, 5.41) is 1.08. The Kier molecular flexibility index (Phi) is 5.82. The second-order valence-corrected chi connectivity index (χ2v) is 7.20. The van der Waals surface area contributed by atoms with Crippen molar-refractivity contribution in [2.24, 2.45) is 5.92 Å². The number of ether oxygens (including phenoxy) is 1. The van der Waals surface area contributed by atoms with Crippen LogP contribution in [0.25, 0.3) is 0 Å². The van der Waals surface area contributed by atoms with Crippen LogP contribution in [0.2, 0.25) is 10.0 Å². The third-order valence-corrected chi connectivity index (χ3v) is 4.89. The fraction of sp³-hybridized carbons (Fsp3) is 0.250. The van der Waals surface area contributed by atoms with Crippen molar-refractivity contribution in [3.63, 3.8) is 0 Å². The van der Waals surface area contributed by atoms with E-state index in [2.05, 4.69) is 0 Å². The summed E-state index contributed by atoms with van der Waals surface area (Å²) >= 11 is 11.7. The summed E-state index contributed by atoms with van der Waals surface area (Å²) in [6.07, 6.45) is -0.901. The number of nitrogens with zero attached hydrogens (tertiary/aromatic N) is 1. The van der Waals surface area contributed by atoms with Gasteiger partial charge in [0.25, 0.3) is 0 Å². The van der Waals surface area contributed by atoms with E-state index in [1.165, 1.54) is 11.8 Å². The lowest BCUT2D eigenvalue weighted by Crippen LogP contribution is -2.30. The van der Waals surface area contributed by atoms with Gasteiger partial charge in [-0.05, 0) is 55.5 Å². The van der Waals surface area contributed by atoms with Gasteiger partial charge in [-0.3, -0.25) is 14.4 Å². The molecular formula is C20H17Cl2NO4. The van der Waals surface area contributed by atoms with Crippen molar-refractivity contribution in [2.75, 3.05) is 11.4 Å². The minimum absolute atomic E-state index is 0.0450. The lowest BCUT2D eigenvalue weighted by atomic mass is 10.1. The van der Waals surface area contributed by atoms with Gasteiger partial charge in [0.15, 0.2) is 6.10 Å². The molecule has 1 saturated heterocycles. The highest BCUT2D eigenvalue weighted by molar-refractivity contribution is 6.31. The van der Waals surface area contributed by atoms with Gasteiger partial charge in [0.1, 0.15) is 0 Å². The van der Waals surface area contributed by atoms with Crippen molar-refractivity contribution in [2.45, 2.75) is 19.4 Å². The Morgan fingerprint density at radius 3 is 2.19 bits per heavy atom. The van der Waals surface area contributed by atoms with Crippen LogP contribution in [0.1, 0.15) is 23.7 Å². The van der Waals surface area contributed by atoms with E-state index >= 15 is 0 Å². The number of Topliss-reactive ketones (excluding diaryl/α,β-unsaturated/α-hetero) is 1. The topological polar surface area (TPSA) is 63.7 Å². The van der Waals surface area contributed by atoms with Gasteiger partial charge in [-0.1, -0.05) is 23.2 Å². The van der Waals surface area contributed by atoms with E-state index in [1.54, 1.807) is 48.5 Å². The minimum atomic E-state index is -0.946. The number of ketones is 1. The molecular weight excluding hydrogens is 389 g/mol. The zero-order chi connectivity index (χ0) is 19.6. The lowest BCUT2D eigenvalue weighted by Gasteiger charge is -2.18. The third-order valence-electron chi connectivity index (χ3n) is 4.39. The number of hydrogen-bond acceptors (Lipinski definition) is 4. The molecule has 5 nitrogen and oxygen atoms in total. The summed E-state index contributed by atoms with van der Waals surface area (Å²) in [7, 11) is 0. The fourth-order valence-electron chi connectivity index (χ4n) is 2.91. The molecule has 2 aromatic carbocycles. The predicted octanol–water partition coefficient (Wildman–Crippen LogP) is 4.16. The normalized spacial score (nSPS) is 17.7. The molecule has 1 amide bonds. The molecule has 0 bridgehead atoms. The summed E-state index contributed by atoms with van der Waals surface area (Å²) in [5.41, 5.74) is 1.08. The van der Waals surface area contributed by atoms with Gasteiger partial charge in [0.05, 0.1) is 5.92 Å². The molecule has 7 heteroatoms. The standard InChI is InChI=1S/C20H17Cl2NO4/c1-12(19(25)13-2-4-15(21)5-3-13)27-20(26)14-10-18(24)23(11-14)17-8-6-16(22)7-9-17/h2-9,12,14H,10-11H2,1H3/t12-,14+/m0/s1. The SMILES string of the molecule is C[C@H](OC(=O)[C@@H]1CC(=O)N(c2ccc(Cl)cc2)C1)C(=O)c1ccc(Cl)cc1. The van der Waals surface area contributed by atoms with Crippen molar-refractivity contribution in [3.05, 3.63) is 64.1 Å². The summed E-state index contributed by atoms with van der Waals surface area (Å²) in [6.45, 7) is 1.73. The molecule has 0 radical (unpaired) electrons. The van der Waals surface area contributed by atoms with Crippen LogP contribution in [-0.2, 0) is 14.3 Å². The maximum atomic E-state index is 12.4. The molecule has 0 aliphatic carbocycles. The van der Waals surface area contributed by atoms with Crippen molar-refractivity contribution in [1.82, 2.24) is 0 Å². The Labute approximate surface area is 166 Å². The van der Waals surface area contributed by atoms with E-state index < -0.39 is 18.0 Å². The molecule has 27 heavy (non-hydrogen) atoms. The molecule has 0 unspecified atom stereocenters. The first-order valence-corrected chi connectivity index (χ1v) is 9.17. The molecule has 1 fully saturated rings. The quantitative estimate of drug-likeness (QED) is 0.553. The maximum absolute atomic E-state index is 12.4. The first-order valence-electron chi connectivity index (χ1n) is 8.41. The van der Waals surface area contributed by atoms with Crippen LogP contribution in [0.4, 0.5) is 5.69 Å². The maximum Gasteiger partial charge on any atom is 0.312 e. The summed E-state index contributed by atoms with van der Waals surface area (Å²) in [5.74, 6) is -1.67. The Morgan fingerprint density at radius 2 is 1.59 bits per heavy atom. The van der Waals surface area contributed by atoms with Crippen molar-refractivity contribution < 1.29 is 19.1 Å². The van der Waals surface area contributed by atoms with Crippen LogP contribution < -0.4 is 4.90 Å². The largest absolute Gasteiger partial charge is 0.454 e. The number of benzene rings is 2. The van der Waals surface area contributed by atoms with Gasteiger partial charge >= 0.3 is 5.97 Å². The summed E-state index contributed by atoms with van der Waals surface area (Å²) in [6, 6.07) is 13.2. The van der Waals surface area contributed by atoms with Crippen LogP contribution in [0, 0.1) is 5.92 Å². The second kappa shape index (κ2) is 8.11. The zero-order valence-corrected chi connectivity index (χ0v) is 16.0. The third kappa shape index (κ3) is 4.49. The van der Waals surface area contributed by atoms with E-state index in [9.17, 15) is 14.4 Å². The lowest BCUT2D eigenvalue weighted by molar-refractivity contribution is -0.151. The van der Waals surface area contributed by atoms with Crippen molar-refractivity contribution in [1.29, 1.82) is 0 Å². The summed E-state index contributed by atoms with van der Waals surface area (Å²) < 4.78 is 5.31. The van der Waals surface area contributed by atoms with Crippen molar-refractivity contribution in [3.8, 4) is 0 Å². The van der Waals surface area contributed by atoms with E-state index in [4.69, 9.17) is 27.9 Å². The summed E-state index contributed by atoms with van der Waals surface area (Å²) in [4.78, 5) is 38.6. The van der Waals surface area contributed by atoms with Crippen LogP contribution in [0.3, 0.4) is 0 Å². The monoisotopic (exact) mass is 405 g/mol. The van der Waals surface area contributed by atoms with E-state index in [0.29, 0.717) is 21.3 Å². The molecule has 140 valence electrons. The molecule has 2 atom stereocenters. The number of anilines is 1. The van der Waals surface area contributed by atoms with Gasteiger partial charge in [-0.2, -0.15) is 0 Å². The van der Waals surface area contributed by atoms with Gasteiger partial charge in [0, 0.05) is 34.3 Å². The molecule has 0 saturated carbocycles. The number of rotatable bonds is 5. The van der Waals surface area contributed by atoms with Crippen molar-refractivity contribution >= 4 is 46.5 Å². The van der Waals surface area contributed by atoms with Crippen LogP contribution in [0.15, 0.2) is 48.5 Å². The molecule has 0 spiro atoms. The fourth-order valence-corrected chi connectivity index (χ4v) is 3.16. The van der Waals surface area contributed by atoms with Gasteiger partial charge in [-0.25, -0.2) is 0 Å². The van der Waals surface area contributed by atoms with Crippen LogP contribution >= 0.6 is 23.2 Å².